The lowest BCUT2D eigenvalue weighted by Gasteiger charge is -2.08. The van der Waals surface area contributed by atoms with Gasteiger partial charge in [0.1, 0.15) is 0 Å². The van der Waals surface area contributed by atoms with Crippen LogP contribution < -0.4 is 10.1 Å². The Morgan fingerprint density at radius 2 is 2.00 bits per heavy atom. The van der Waals surface area contributed by atoms with Crippen LogP contribution in [-0.4, -0.2) is 33.4 Å². The number of unbranched alkanes of at least 4 members (excludes halogenated alkanes) is 1. The van der Waals surface area contributed by atoms with Crippen LogP contribution in [0.2, 0.25) is 0 Å². The summed E-state index contributed by atoms with van der Waals surface area (Å²) in [5.74, 6) is 0.0954. The van der Waals surface area contributed by atoms with Gasteiger partial charge in [-0.2, -0.15) is 0 Å². The average molecular weight is 255 g/mol. The maximum absolute atomic E-state index is 13.6. The fraction of sp³-hybridized carbons (Fsp3) is 0.571. The maximum Gasteiger partial charge on any atom is 0.167 e. The molecule has 0 saturated carbocycles. The first kappa shape index (κ1) is 14.9. The minimum absolute atomic E-state index is 0.254. The number of methoxy groups -OCH3 is 1. The van der Waals surface area contributed by atoms with Crippen molar-refractivity contribution in [2.24, 2.45) is 0 Å². The second-order valence-electron chi connectivity index (χ2n) is 4.19. The van der Waals surface area contributed by atoms with Crippen molar-refractivity contribution >= 4 is 0 Å². The smallest absolute Gasteiger partial charge is 0.167 e. The van der Waals surface area contributed by atoms with E-state index in [9.17, 15) is 4.39 Å². The lowest BCUT2D eigenvalue weighted by molar-refractivity contribution is 0.199. The van der Waals surface area contributed by atoms with E-state index < -0.39 is 0 Å². The zero-order chi connectivity index (χ0) is 13.2. The predicted octanol–water partition coefficient (Wildman–Crippen LogP) is 2.53. The summed E-state index contributed by atoms with van der Waals surface area (Å²) in [6.45, 7) is 4.81. The van der Waals surface area contributed by atoms with Gasteiger partial charge in [0.15, 0.2) is 11.6 Å². The Kier molecular flexibility index (Phi) is 7.37. The molecule has 102 valence electrons. The molecule has 0 radical (unpaired) electrons. The highest BCUT2D eigenvalue weighted by molar-refractivity contribution is 5.29. The van der Waals surface area contributed by atoms with Crippen LogP contribution in [0.3, 0.4) is 0 Å². The Labute approximate surface area is 108 Å². The van der Waals surface area contributed by atoms with Crippen LogP contribution in [-0.2, 0) is 4.74 Å². The van der Waals surface area contributed by atoms with E-state index in [1.165, 1.54) is 0 Å². The first-order chi connectivity index (χ1) is 8.75. The summed E-state index contributed by atoms with van der Waals surface area (Å²) in [4.78, 5) is 0. The molecule has 1 rings (SSSR count). The number of hydrogen-bond acceptors (Lipinski definition) is 3. The monoisotopic (exact) mass is 255 g/mol. The van der Waals surface area contributed by atoms with Crippen molar-refractivity contribution in [3.8, 4) is 5.75 Å². The zero-order valence-corrected chi connectivity index (χ0v) is 11.2. The minimum atomic E-state index is -0.254. The van der Waals surface area contributed by atoms with Gasteiger partial charge in [-0.25, -0.2) is 4.39 Å². The number of aryl methyl sites for hydroxylation is 1. The molecule has 0 atom stereocenters. The number of ether oxygens (including phenoxy) is 2. The zero-order valence-electron chi connectivity index (χ0n) is 11.2. The van der Waals surface area contributed by atoms with E-state index in [1.807, 2.05) is 0 Å². The van der Waals surface area contributed by atoms with Gasteiger partial charge in [-0.15, -0.1) is 0 Å². The molecule has 0 aliphatic rings. The highest BCUT2D eigenvalue weighted by Gasteiger charge is 2.04. The molecule has 3 nitrogen and oxygen atoms in total. The molecule has 1 aromatic carbocycles. The molecule has 0 fully saturated rings. The standard InChI is InChI=1S/C14H22FNO2/c1-12-6-5-7-13(14(12)15)18-10-4-3-8-16-9-11-17-2/h5-7,16H,3-4,8-11H2,1-2H3. The first-order valence-electron chi connectivity index (χ1n) is 6.33. The third-order valence-corrected chi connectivity index (χ3v) is 2.64. The van der Waals surface area contributed by atoms with Crippen LogP contribution in [0.1, 0.15) is 18.4 Å². The second kappa shape index (κ2) is 8.89. The average Bonchev–Trinajstić information content (AvgIpc) is 2.37. The van der Waals surface area contributed by atoms with Crippen molar-refractivity contribution in [3.05, 3.63) is 29.6 Å². The van der Waals surface area contributed by atoms with Crippen LogP contribution >= 0.6 is 0 Å². The summed E-state index contributed by atoms with van der Waals surface area (Å²) in [7, 11) is 1.69. The summed E-state index contributed by atoms with van der Waals surface area (Å²) in [5, 5.41) is 3.25. The van der Waals surface area contributed by atoms with Gasteiger partial charge in [0.05, 0.1) is 13.2 Å². The van der Waals surface area contributed by atoms with Crippen molar-refractivity contribution in [2.45, 2.75) is 19.8 Å². The number of hydrogen-bond donors (Lipinski definition) is 1. The van der Waals surface area contributed by atoms with E-state index in [0.29, 0.717) is 17.9 Å². The van der Waals surface area contributed by atoms with E-state index >= 15 is 0 Å². The Bertz CT molecular complexity index is 345. The van der Waals surface area contributed by atoms with E-state index in [-0.39, 0.29) is 5.82 Å². The Morgan fingerprint density at radius 3 is 2.78 bits per heavy atom. The molecule has 0 unspecified atom stereocenters. The first-order valence-corrected chi connectivity index (χ1v) is 6.33. The Hall–Kier alpha value is -1.13. The molecule has 0 aromatic heterocycles. The summed E-state index contributed by atoms with van der Waals surface area (Å²) >= 11 is 0. The van der Waals surface area contributed by atoms with Crippen LogP contribution in [0.15, 0.2) is 18.2 Å². The lowest BCUT2D eigenvalue weighted by atomic mass is 10.2. The van der Waals surface area contributed by atoms with Gasteiger partial charge in [0.25, 0.3) is 0 Å². The Morgan fingerprint density at radius 1 is 1.17 bits per heavy atom. The highest BCUT2D eigenvalue weighted by atomic mass is 19.1. The van der Waals surface area contributed by atoms with E-state index in [2.05, 4.69) is 5.32 Å². The molecule has 0 aliphatic heterocycles. The van der Waals surface area contributed by atoms with Crippen LogP contribution in [0, 0.1) is 12.7 Å². The molecule has 1 N–H and O–H groups in total. The van der Waals surface area contributed by atoms with Crippen molar-refractivity contribution < 1.29 is 13.9 Å². The number of benzene rings is 1. The fourth-order valence-corrected chi connectivity index (χ4v) is 1.57. The van der Waals surface area contributed by atoms with Crippen LogP contribution in [0.4, 0.5) is 4.39 Å². The van der Waals surface area contributed by atoms with E-state index in [1.54, 1.807) is 32.2 Å². The summed E-state index contributed by atoms with van der Waals surface area (Å²) in [6, 6.07) is 5.21. The molecule has 0 aliphatic carbocycles. The normalized spacial score (nSPS) is 10.6. The van der Waals surface area contributed by atoms with Crippen molar-refractivity contribution in [2.75, 3.05) is 33.4 Å². The summed E-state index contributed by atoms with van der Waals surface area (Å²) < 4.78 is 23.9. The second-order valence-corrected chi connectivity index (χ2v) is 4.19. The number of halogens is 1. The van der Waals surface area contributed by atoms with Crippen LogP contribution in [0.25, 0.3) is 0 Å². The predicted molar refractivity (Wildman–Crippen MR) is 70.6 cm³/mol. The van der Waals surface area contributed by atoms with Gasteiger partial charge < -0.3 is 14.8 Å². The Balaban J connectivity index is 2.09. The highest BCUT2D eigenvalue weighted by Crippen LogP contribution is 2.19. The van der Waals surface area contributed by atoms with Gasteiger partial charge in [0.2, 0.25) is 0 Å². The third-order valence-electron chi connectivity index (χ3n) is 2.64. The van der Waals surface area contributed by atoms with Crippen LogP contribution in [0.5, 0.6) is 5.75 Å². The molecule has 1 aromatic rings. The van der Waals surface area contributed by atoms with Gasteiger partial charge >= 0.3 is 0 Å². The topological polar surface area (TPSA) is 30.5 Å². The SMILES string of the molecule is COCCNCCCCOc1cccc(C)c1F. The molecule has 0 amide bonds. The largest absolute Gasteiger partial charge is 0.491 e. The lowest BCUT2D eigenvalue weighted by Crippen LogP contribution is -2.20. The summed E-state index contributed by atoms with van der Waals surface area (Å²) in [6.07, 6.45) is 1.92. The molecule has 0 heterocycles. The number of nitrogens with one attached hydrogen (secondary N) is 1. The van der Waals surface area contributed by atoms with Crippen molar-refractivity contribution in [1.82, 2.24) is 5.32 Å². The van der Waals surface area contributed by atoms with E-state index in [4.69, 9.17) is 9.47 Å². The fourth-order valence-electron chi connectivity index (χ4n) is 1.57. The molecule has 18 heavy (non-hydrogen) atoms. The molecular formula is C14H22FNO2. The molecule has 0 saturated heterocycles. The van der Waals surface area contributed by atoms with Gasteiger partial charge in [-0.05, 0) is 37.9 Å². The molecular weight excluding hydrogens is 233 g/mol. The molecule has 0 bridgehead atoms. The van der Waals surface area contributed by atoms with Crippen molar-refractivity contribution in [1.29, 1.82) is 0 Å². The molecule has 4 heteroatoms. The quantitative estimate of drug-likeness (QED) is 0.688. The molecule has 0 spiro atoms. The minimum Gasteiger partial charge on any atom is -0.491 e. The van der Waals surface area contributed by atoms with E-state index in [0.717, 1.165) is 32.5 Å². The number of rotatable bonds is 9. The third kappa shape index (κ3) is 5.47. The maximum atomic E-state index is 13.6. The van der Waals surface area contributed by atoms with Gasteiger partial charge in [0, 0.05) is 13.7 Å². The van der Waals surface area contributed by atoms with Gasteiger partial charge in [-0.3, -0.25) is 0 Å². The summed E-state index contributed by atoms with van der Waals surface area (Å²) in [5.41, 5.74) is 0.619. The van der Waals surface area contributed by atoms with Crippen molar-refractivity contribution in [3.63, 3.8) is 0 Å². The van der Waals surface area contributed by atoms with Gasteiger partial charge in [-0.1, -0.05) is 12.1 Å².